The smallest absolute Gasteiger partial charge is 0.391 e. The van der Waals surface area contributed by atoms with E-state index in [9.17, 15) is 23.1 Å². The minimum Gasteiger partial charge on any atom is -0.478 e. The van der Waals surface area contributed by atoms with E-state index in [1.54, 1.807) is 4.90 Å². The first-order chi connectivity index (χ1) is 9.70. The number of carbonyl (C=O) groups is 1. The molecule has 0 atom stereocenters. The first kappa shape index (κ1) is 15.8. The largest absolute Gasteiger partial charge is 0.478 e. The number of alkyl halides is 3. The summed E-state index contributed by atoms with van der Waals surface area (Å²) in [4.78, 5) is 12.8. The summed E-state index contributed by atoms with van der Waals surface area (Å²) in [5.41, 5.74) is 5.90. The highest BCUT2D eigenvalue weighted by atomic mass is 35.5. The standard InChI is InChI=1S/C13H14ClF3N2O2/c14-10-6-8(18)5-9(12(20)21)11(10)19-3-1-7(2-4-19)13(15,16)17/h5-7H,1-4,18H2,(H,20,21). The molecule has 1 aliphatic rings. The monoisotopic (exact) mass is 322 g/mol. The molecule has 0 aromatic heterocycles. The van der Waals surface area contributed by atoms with Crippen molar-refractivity contribution in [2.24, 2.45) is 5.92 Å². The zero-order valence-electron chi connectivity index (χ0n) is 11.0. The number of piperidine rings is 1. The van der Waals surface area contributed by atoms with Crippen molar-refractivity contribution < 1.29 is 23.1 Å². The molecule has 2 rings (SSSR count). The molecule has 0 amide bonds. The van der Waals surface area contributed by atoms with E-state index in [4.69, 9.17) is 17.3 Å². The first-order valence-electron chi connectivity index (χ1n) is 6.34. The molecule has 0 radical (unpaired) electrons. The molecule has 1 fully saturated rings. The van der Waals surface area contributed by atoms with E-state index in [1.807, 2.05) is 0 Å². The highest BCUT2D eigenvalue weighted by Gasteiger charge is 2.41. The predicted octanol–water partition coefficient (Wildman–Crippen LogP) is 3.40. The molecule has 4 nitrogen and oxygen atoms in total. The normalized spacial score (nSPS) is 17.0. The van der Waals surface area contributed by atoms with Gasteiger partial charge < -0.3 is 15.7 Å². The third kappa shape index (κ3) is 3.34. The molecule has 0 saturated carbocycles. The molecule has 21 heavy (non-hydrogen) atoms. The number of hydrogen-bond donors (Lipinski definition) is 2. The van der Waals surface area contributed by atoms with Gasteiger partial charge >= 0.3 is 12.1 Å². The van der Waals surface area contributed by atoms with Crippen molar-refractivity contribution in [2.45, 2.75) is 19.0 Å². The van der Waals surface area contributed by atoms with Gasteiger partial charge in [0, 0.05) is 18.8 Å². The number of nitrogens with zero attached hydrogens (tertiary/aromatic N) is 1. The topological polar surface area (TPSA) is 66.6 Å². The molecule has 1 aromatic rings. The van der Waals surface area contributed by atoms with Crippen LogP contribution in [0.5, 0.6) is 0 Å². The van der Waals surface area contributed by atoms with Gasteiger partial charge in [-0.3, -0.25) is 0 Å². The van der Waals surface area contributed by atoms with E-state index >= 15 is 0 Å². The van der Waals surface area contributed by atoms with Crippen LogP contribution in [0, 0.1) is 5.92 Å². The summed E-state index contributed by atoms with van der Waals surface area (Å²) in [6, 6.07) is 2.67. The Morgan fingerprint density at radius 2 is 1.90 bits per heavy atom. The van der Waals surface area contributed by atoms with E-state index in [0.29, 0.717) is 0 Å². The number of anilines is 2. The lowest BCUT2D eigenvalue weighted by Gasteiger charge is -2.35. The maximum atomic E-state index is 12.7. The lowest BCUT2D eigenvalue weighted by molar-refractivity contribution is -0.179. The van der Waals surface area contributed by atoms with Gasteiger partial charge in [0.1, 0.15) is 0 Å². The lowest BCUT2D eigenvalue weighted by atomic mass is 9.95. The average molecular weight is 323 g/mol. The van der Waals surface area contributed by atoms with E-state index in [1.165, 1.54) is 12.1 Å². The first-order valence-corrected chi connectivity index (χ1v) is 6.72. The zero-order chi connectivity index (χ0) is 15.8. The number of aromatic carboxylic acids is 1. The summed E-state index contributed by atoms with van der Waals surface area (Å²) in [5, 5.41) is 9.34. The second-order valence-corrected chi connectivity index (χ2v) is 5.41. The molecule has 8 heteroatoms. The van der Waals surface area contributed by atoms with Crippen LogP contribution in [0.25, 0.3) is 0 Å². The van der Waals surface area contributed by atoms with E-state index < -0.39 is 18.1 Å². The Hall–Kier alpha value is -1.63. The Morgan fingerprint density at radius 1 is 1.33 bits per heavy atom. The summed E-state index contributed by atoms with van der Waals surface area (Å²) in [7, 11) is 0. The van der Waals surface area contributed by atoms with Crippen molar-refractivity contribution in [1.29, 1.82) is 0 Å². The molecule has 1 heterocycles. The summed E-state index contributed by atoms with van der Waals surface area (Å²) in [6.07, 6.45) is -4.38. The van der Waals surface area contributed by atoms with Crippen molar-refractivity contribution in [3.63, 3.8) is 0 Å². The Bertz CT molecular complexity index is 555. The van der Waals surface area contributed by atoms with Gasteiger partial charge in [0.25, 0.3) is 0 Å². The third-order valence-electron chi connectivity index (χ3n) is 3.59. The van der Waals surface area contributed by atoms with Crippen LogP contribution < -0.4 is 10.6 Å². The average Bonchev–Trinajstić information content (AvgIpc) is 2.37. The maximum Gasteiger partial charge on any atom is 0.391 e. The molecular weight excluding hydrogens is 309 g/mol. The van der Waals surface area contributed by atoms with Gasteiger partial charge in [0.2, 0.25) is 0 Å². The molecular formula is C13H14ClF3N2O2. The zero-order valence-corrected chi connectivity index (χ0v) is 11.7. The molecule has 1 aromatic carbocycles. The second kappa shape index (κ2) is 5.63. The van der Waals surface area contributed by atoms with Crippen LogP contribution in [0.3, 0.4) is 0 Å². The minimum absolute atomic E-state index is 0.0801. The van der Waals surface area contributed by atoms with Crippen LogP contribution in [0.2, 0.25) is 5.02 Å². The molecule has 116 valence electrons. The Morgan fingerprint density at radius 3 is 2.38 bits per heavy atom. The second-order valence-electron chi connectivity index (χ2n) is 5.01. The summed E-state index contributed by atoms with van der Waals surface area (Å²) in [6.45, 7) is 0.211. The summed E-state index contributed by atoms with van der Waals surface area (Å²) >= 11 is 6.03. The molecule has 0 spiro atoms. The van der Waals surface area contributed by atoms with E-state index in [-0.39, 0.29) is 47.9 Å². The molecule has 1 saturated heterocycles. The van der Waals surface area contributed by atoms with Gasteiger partial charge in [-0.05, 0) is 25.0 Å². The van der Waals surface area contributed by atoms with Crippen LogP contribution >= 0.6 is 11.6 Å². The van der Waals surface area contributed by atoms with Crippen molar-refractivity contribution in [1.82, 2.24) is 0 Å². The molecule has 3 N–H and O–H groups in total. The van der Waals surface area contributed by atoms with Crippen molar-refractivity contribution >= 4 is 28.9 Å². The van der Waals surface area contributed by atoms with Crippen LogP contribution in [0.4, 0.5) is 24.5 Å². The number of halogens is 4. The minimum atomic E-state index is -4.22. The number of rotatable bonds is 2. The lowest BCUT2D eigenvalue weighted by Crippen LogP contribution is -2.39. The molecule has 0 aliphatic carbocycles. The Balaban J connectivity index is 2.26. The highest BCUT2D eigenvalue weighted by molar-refractivity contribution is 6.34. The van der Waals surface area contributed by atoms with Crippen LogP contribution in [-0.2, 0) is 0 Å². The van der Waals surface area contributed by atoms with Crippen molar-refractivity contribution in [2.75, 3.05) is 23.7 Å². The fourth-order valence-corrected chi connectivity index (χ4v) is 2.88. The van der Waals surface area contributed by atoms with Gasteiger partial charge in [0.05, 0.1) is 22.2 Å². The molecule has 1 aliphatic heterocycles. The third-order valence-corrected chi connectivity index (χ3v) is 3.88. The molecule has 0 bridgehead atoms. The fraction of sp³-hybridized carbons (Fsp3) is 0.462. The SMILES string of the molecule is Nc1cc(Cl)c(N2CCC(C(F)(F)F)CC2)c(C(=O)O)c1. The highest BCUT2D eigenvalue weighted by Crippen LogP contribution is 2.39. The van der Waals surface area contributed by atoms with E-state index in [0.717, 1.165) is 0 Å². The summed E-state index contributed by atoms with van der Waals surface area (Å²) in [5.74, 6) is -2.56. The van der Waals surface area contributed by atoms with Crippen LogP contribution in [0.15, 0.2) is 12.1 Å². The number of nitrogen functional groups attached to an aromatic ring is 1. The van der Waals surface area contributed by atoms with Crippen LogP contribution in [0.1, 0.15) is 23.2 Å². The molecule has 0 unspecified atom stereocenters. The summed E-state index contributed by atoms with van der Waals surface area (Å²) < 4.78 is 38.0. The van der Waals surface area contributed by atoms with Crippen LogP contribution in [-0.4, -0.2) is 30.3 Å². The van der Waals surface area contributed by atoms with E-state index in [2.05, 4.69) is 0 Å². The number of benzene rings is 1. The Labute approximate surface area is 124 Å². The fourth-order valence-electron chi connectivity index (χ4n) is 2.53. The Kier molecular flexibility index (Phi) is 4.22. The number of hydrogen-bond acceptors (Lipinski definition) is 3. The maximum absolute atomic E-state index is 12.7. The van der Waals surface area contributed by atoms with Gasteiger partial charge in [0.15, 0.2) is 0 Å². The van der Waals surface area contributed by atoms with Crippen molar-refractivity contribution in [3.05, 3.63) is 22.7 Å². The number of carboxylic acid groups (broad SMARTS) is 1. The van der Waals surface area contributed by atoms with Gasteiger partial charge in [-0.1, -0.05) is 11.6 Å². The predicted molar refractivity (Wildman–Crippen MR) is 73.8 cm³/mol. The van der Waals surface area contributed by atoms with Crippen molar-refractivity contribution in [3.8, 4) is 0 Å². The van der Waals surface area contributed by atoms with Gasteiger partial charge in [-0.15, -0.1) is 0 Å². The number of carboxylic acids is 1. The van der Waals surface area contributed by atoms with Gasteiger partial charge in [-0.2, -0.15) is 13.2 Å². The van der Waals surface area contributed by atoms with Gasteiger partial charge in [-0.25, -0.2) is 4.79 Å². The quantitative estimate of drug-likeness (QED) is 0.819. The number of nitrogens with two attached hydrogens (primary N) is 1.